The van der Waals surface area contributed by atoms with Gasteiger partial charge >= 0.3 is 0 Å². The van der Waals surface area contributed by atoms with Crippen LogP contribution in [0, 0.1) is 5.92 Å². The van der Waals surface area contributed by atoms with Crippen molar-refractivity contribution in [3.8, 4) is 0 Å². The molecule has 0 atom stereocenters. The van der Waals surface area contributed by atoms with Crippen LogP contribution in [0.1, 0.15) is 58.2 Å². The first kappa shape index (κ1) is 21.3. The van der Waals surface area contributed by atoms with Crippen LogP contribution in [-0.2, 0) is 17.9 Å². The molecule has 1 aromatic heterocycles. The Kier molecular flexibility index (Phi) is 7.05. The first-order valence-electron chi connectivity index (χ1n) is 11.9. The summed E-state index contributed by atoms with van der Waals surface area (Å²) in [6, 6.07) is 6.23. The lowest BCUT2D eigenvalue weighted by Crippen LogP contribution is -2.45. The number of hydrogen-bond acceptors (Lipinski definition) is 4. The number of nitrogens with one attached hydrogen (secondary N) is 1. The zero-order valence-corrected chi connectivity index (χ0v) is 18.7. The molecule has 1 aromatic carbocycles. The van der Waals surface area contributed by atoms with Crippen LogP contribution in [0.4, 0.5) is 5.69 Å². The fraction of sp³-hybridized carbons (Fsp3) is 0.667. The number of amides is 1. The molecule has 4 rings (SSSR count). The summed E-state index contributed by atoms with van der Waals surface area (Å²) >= 11 is 0. The second-order valence-electron chi connectivity index (χ2n) is 8.92. The Balaban J connectivity index is 1.49. The molecule has 1 aliphatic carbocycles. The average Bonchev–Trinajstić information content (AvgIpc) is 3.11. The number of carbonyl (C=O) groups is 1. The van der Waals surface area contributed by atoms with Crippen molar-refractivity contribution in [3.63, 3.8) is 0 Å². The normalized spacial score (nSPS) is 19.4. The zero-order valence-electron chi connectivity index (χ0n) is 18.7. The third-order valence-corrected chi connectivity index (χ3v) is 6.80. The summed E-state index contributed by atoms with van der Waals surface area (Å²) in [7, 11) is 0. The van der Waals surface area contributed by atoms with Crippen LogP contribution >= 0.6 is 0 Å². The Labute approximate surface area is 180 Å². The van der Waals surface area contributed by atoms with Gasteiger partial charge in [0.05, 0.1) is 17.6 Å². The third-order valence-electron chi connectivity index (χ3n) is 6.80. The molecular weight excluding hydrogens is 374 g/mol. The molecule has 0 bridgehead atoms. The minimum absolute atomic E-state index is 0.171. The molecule has 2 aliphatic rings. The summed E-state index contributed by atoms with van der Waals surface area (Å²) in [6.07, 6.45) is 6.75. The van der Waals surface area contributed by atoms with Gasteiger partial charge in [0.1, 0.15) is 5.82 Å². The number of aryl methyl sites for hydroxylation is 1. The number of nitrogens with zero attached hydrogens (tertiary/aromatic N) is 4. The molecule has 0 spiro atoms. The van der Waals surface area contributed by atoms with Crippen LogP contribution in [0.15, 0.2) is 18.2 Å². The number of rotatable bonds is 7. The van der Waals surface area contributed by atoms with Crippen molar-refractivity contribution < 1.29 is 4.79 Å². The number of piperazine rings is 1. The van der Waals surface area contributed by atoms with Gasteiger partial charge in [0.2, 0.25) is 5.91 Å². The third kappa shape index (κ3) is 4.86. The smallest absolute Gasteiger partial charge is 0.227 e. The van der Waals surface area contributed by atoms with Crippen molar-refractivity contribution in [2.75, 3.05) is 38.0 Å². The standard InChI is InChI=1S/C24H37N5O/c1-3-12-29-22-11-10-20(25-24(30)19-8-6-5-7-9-19)17-21(22)26-23(29)18-28-15-13-27(4-2)14-16-28/h10-11,17,19H,3-9,12-16,18H2,1-2H3,(H,25,30). The Hall–Kier alpha value is -1.92. The Bertz CT molecular complexity index is 847. The quantitative estimate of drug-likeness (QED) is 0.745. The number of benzene rings is 1. The SMILES string of the molecule is CCCn1c(CN2CCN(CC)CC2)nc2cc(NC(=O)C3CCCCC3)ccc21. The monoisotopic (exact) mass is 411 g/mol. The highest BCUT2D eigenvalue weighted by molar-refractivity contribution is 5.94. The van der Waals surface area contributed by atoms with Crippen molar-refractivity contribution in [1.82, 2.24) is 19.4 Å². The molecule has 2 heterocycles. The number of likely N-dealkylation sites (N-methyl/N-ethyl adjacent to an activating group) is 1. The maximum Gasteiger partial charge on any atom is 0.227 e. The van der Waals surface area contributed by atoms with Gasteiger partial charge in [-0.3, -0.25) is 9.69 Å². The molecular formula is C24H37N5O. The minimum Gasteiger partial charge on any atom is -0.327 e. The predicted molar refractivity (Wildman–Crippen MR) is 123 cm³/mol. The summed E-state index contributed by atoms with van der Waals surface area (Å²) in [4.78, 5) is 22.7. The largest absolute Gasteiger partial charge is 0.327 e. The number of anilines is 1. The molecule has 0 unspecified atom stereocenters. The second-order valence-corrected chi connectivity index (χ2v) is 8.92. The summed E-state index contributed by atoms with van der Waals surface area (Å²) < 4.78 is 2.37. The molecule has 6 nitrogen and oxygen atoms in total. The predicted octanol–water partition coefficient (Wildman–Crippen LogP) is 4.10. The molecule has 1 saturated carbocycles. The molecule has 1 N–H and O–H groups in total. The van der Waals surface area contributed by atoms with Crippen LogP contribution < -0.4 is 5.32 Å². The number of hydrogen-bond donors (Lipinski definition) is 1. The van der Waals surface area contributed by atoms with Gasteiger partial charge in [-0.2, -0.15) is 0 Å². The molecule has 30 heavy (non-hydrogen) atoms. The maximum atomic E-state index is 12.6. The van der Waals surface area contributed by atoms with E-state index >= 15 is 0 Å². The molecule has 2 fully saturated rings. The summed E-state index contributed by atoms with van der Waals surface area (Å²) in [5, 5.41) is 3.15. The Morgan fingerprint density at radius 3 is 2.50 bits per heavy atom. The van der Waals surface area contributed by atoms with Crippen molar-refractivity contribution in [2.45, 2.75) is 65.5 Å². The van der Waals surface area contributed by atoms with E-state index in [4.69, 9.17) is 4.98 Å². The lowest BCUT2D eigenvalue weighted by atomic mass is 9.88. The highest BCUT2D eigenvalue weighted by Crippen LogP contribution is 2.26. The molecule has 0 radical (unpaired) electrons. The molecule has 1 amide bonds. The van der Waals surface area contributed by atoms with E-state index in [0.717, 1.165) is 82.1 Å². The van der Waals surface area contributed by atoms with E-state index in [9.17, 15) is 4.79 Å². The fourth-order valence-corrected chi connectivity index (χ4v) is 4.92. The van der Waals surface area contributed by atoms with Crippen LogP contribution in [0.5, 0.6) is 0 Å². The number of imidazole rings is 1. The zero-order chi connectivity index (χ0) is 20.9. The molecule has 6 heteroatoms. The van der Waals surface area contributed by atoms with Crippen LogP contribution in [0.25, 0.3) is 11.0 Å². The lowest BCUT2D eigenvalue weighted by molar-refractivity contribution is -0.120. The average molecular weight is 412 g/mol. The van der Waals surface area contributed by atoms with Gasteiger partial charge < -0.3 is 14.8 Å². The Morgan fingerprint density at radius 1 is 1.07 bits per heavy atom. The maximum absolute atomic E-state index is 12.6. The second kappa shape index (κ2) is 9.92. The first-order chi connectivity index (χ1) is 14.7. The highest BCUT2D eigenvalue weighted by Gasteiger charge is 2.22. The van der Waals surface area contributed by atoms with E-state index in [2.05, 4.69) is 45.7 Å². The van der Waals surface area contributed by atoms with Gasteiger partial charge in [-0.15, -0.1) is 0 Å². The molecule has 1 aliphatic heterocycles. The van der Waals surface area contributed by atoms with Crippen LogP contribution in [0.2, 0.25) is 0 Å². The topological polar surface area (TPSA) is 53.4 Å². The summed E-state index contributed by atoms with van der Waals surface area (Å²) in [5.74, 6) is 1.49. The van der Waals surface area contributed by atoms with E-state index in [1.165, 1.54) is 24.8 Å². The van der Waals surface area contributed by atoms with Crippen LogP contribution in [-0.4, -0.2) is 58.0 Å². The molecule has 164 valence electrons. The number of fused-ring (bicyclic) bond motifs is 1. The number of carbonyl (C=O) groups excluding carboxylic acids is 1. The van der Waals surface area contributed by atoms with Gasteiger partial charge in [-0.05, 0) is 44.0 Å². The van der Waals surface area contributed by atoms with E-state index in [1.807, 2.05) is 6.07 Å². The van der Waals surface area contributed by atoms with E-state index in [0.29, 0.717) is 0 Å². The van der Waals surface area contributed by atoms with Gasteiger partial charge in [-0.25, -0.2) is 4.98 Å². The first-order valence-corrected chi connectivity index (χ1v) is 11.9. The van der Waals surface area contributed by atoms with E-state index in [-0.39, 0.29) is 11.8 Å². The molecule has 2 aromatic rings. The minimum atomic E-state index is 0.171. The fourth-order valence-electron chi connectivity index (χ4n) is 4.92. The van der Waals surface area contributed by atoms with Crippen molar-refractivity contribution in [2.24, 2.45) is 5.92 Å². The van der Waals surface area contributed by atoms with Crippen molar-refractivity contribution >= 4 is 22.6 Å². The summed E-state index contributed by atoms with van der Waals surface area (Å²) in [5.41, 5.74) is 3.05. The van der Waals surface area contributed by atoms with Gasteiger partial charge in [0, 0.05) is 44.3 Å². The van der Waals surface area contributed by atoms with Crippen molar-refractivity contribution in [3.05, 3.63) is 24.0 Å². The molecule has 1 saturated heterocycles. The van der Waals surface area contributed by atoms with Gasteiger partial charge in [0.25, 0.3) is 0 Å². The summed E-state index contributed by atoms with van der Waals surface area (Å²) in [6.45, 7) is 12.0. The van der Waals surface area contributed by atoms with Crippen LogP contribution in [0.3, 0.4) is 0 Å². The number of aromatic nitrogens is 2. The van der Waals surface area contributed by atoms with Crippen molar-refractivity contribution in [1.29, 1.82) is 0 Å². The van der Waals surface area contributed by atoms with Gasteiger partial charge in [-0.1, -0.05) is 33.1 Å². The van der Waals surface area contributed by atoms with E-state index in [1.54, 1.807) is 0 Å². The highest BCUT2D eigenvalue weighted by atomic mass is 16.1. The van der Waals surface area contributed by atoms with E-state index < -0.39 is 0 Å². The Morgan fingerprint density at radius 2 is 1.80 bits per heavy atom. The van der Waals surface area contributed by atoms with Gasteiger partial charge in [0.15, 0.2) is 0 Å². The lowest BCUT2D eigenvalue weighted by Gasteiger charge is -2.33.